The first kappa shape index (κ1) is 11.9. The topological polar surface area (TPSA) is 53.1 Å². The third-order valence-electron chi connectivity index (χ3n) is 2.87. The molecule has 0 radical (unpaired) electrons. The molecule has 0 saturated carbocycles. The summed E-state index contributed by atoms with van der Waals surface area (Å²) < 4.78 is 20.3. The van der Waals surface area contributed by atoms with Crippen LogP contribution in [0, 0.1) is 5.82 Å². The van der Waals surface area contributed by atoms with Gasteiger partial charge in [-0.1, -0.05) is 6.92 Å². The first-order valence-corrected chi connectivity index (χ1v) is 5.59. The summed E-state index contributed by atoms with van der Waals surface area (Å²) in [4.78, 5) is 4.22. The number of benzene rings is 1. The van der Waals surface area contributed by atoms with Crippen molar-refractivity contribution in [1.82, 2.24) is 9.55 Å². The summed E-state index contributed by atoms with van der Waals surface area (Å²) in [7, 11) is 1.64. The van der Waals surface area contributed by atoms with Crippen LogP contribution in [0.15, 0.2) is 18.2 Å². The van der Waals surface area contributed by atoms with Crippen molar-refractivity contribution in [2.45, 2.75) is 19.4 Å². The summed E-state index contributed by atoms with van der Waals surface area (Å²) in [6.45, 7) is 2.57. The second-order valence-corrected chi connectivity index (χ2v) is 3.99. The van der Waals surface area contributed by atoms with Crippen LogP contribution in [0.4, 0.5) is 10.3 Å². The fourth-order valence-corrected chi connectivity index (χ4v) is 2.04. The van der Waals surface area contributed by atoms with Crippen molar-refractivity contribution in [3.63, 3.8) is 0 Å². The molecule has 0 amide bonds. The molecule has 1 heterocycles. The lowest BCUT2D eigenvalue weighted by molar-refractivity contribution is 0.155. The summed E-state index contributed by atoms with van der Waals surface area (Å²) in [5, 5.41) is 0. The Morgan fingerprint density at radius 3 is 2.94 bits per heavy atom. The molecule has 1 aromatic carbocycles. The maximum atomic E-state index is 13.3. The van der Waals surface area contributed by atoms with Gasteiger partial charge in [0.15, 0.2) is 0 Å². The van der Waals surface area contributed by atoms with E-state index < -0.39 is 0 Å². The van der Waals surface area contributed by atoms with E-state index in [1.54, 1.807) is 13.2 Å². The molecule has 5 heteroatoms. The van der Waals surface area contributed by atoms with Crippen molar-refractivity contribution in [2.24, 2.45) is 0 Å². The lowest BCUT2D eigenvalue weighted by Gasteiger charge is -2.17. The number of hydrogen-bond donors (Lipinski definition) is 1. The fourth-order valence-electron chi connectivity index (χ4n) is 2.04. The Morgan fingerprint density at radius 1 is 1.53 bits per heavy atom. The monoisotopic (exact) mass is 237 g/mol. The Kier molecular flexibility index (Phi) is 3.28. The molecule has 0 aliphatic rings. The van der Waals surface area contributed by atoms with Crippen molar-refractivity contribution in [3.05, 3.63) is 24.0 Å². The molecular weight excluding hydrogens is 221 g/mol. The minimum atomic E-state index is -0.286. The Morgan fingerprint density at radius 2 is 2.29 bits per heavy atom. The number of nitrogen functional groups attached to an aromatic ring is 1. The zero-order chi connectivity index (χ0) is 12.4. The van der Waals surface area contributed by atoms with Crippen LogP contribution in [-0.4, -0.2) is 23.3 Å². The first-order valence-electron chi connectivity index (χ1n) is 5.59. The third-order valence-corrected chi connectivity index (χ3v) is 2.87. The number of methoxy groups -OCH3 is 1. The number of rotatable bonds is 4. The van der Waals surface area contributed by atoms with Crippen LogP contribution in [0.2, 0.25) is 0 Å². The fraction of sp³-hybridized carbons (Fsp3) is 0.417. The van der Waals surface area contributed by atoms with Crippen LogP contribution in [-0.2, 0) is 4.74 Å². The average molecular weight is 237 g/mol. The average Bonchev–Trinajstić information content (AvgIpc) is 2.62. The number of nitrogens with two attached hydrogens (primary N) is 1. The van der Waals surface area contributed by atoms with Gasteiger partial charge in [-0.15, -0.1) is 0 Å². The summed E-state index contributed by atoms with van der Waals surface area (Å²) >= 11 is 0. The maximum Gasteiger partial charge on any atom is 0.201 e. The van der Waals surface area contributed by atoms with E-state index >= 15 is 0 Å². The van der Waals surface area contributed by atoms with E-state index in [9.17, 15) is 4.39 Å². The largest absolute Gasteiger partial charge is 0.383 e. The van der Waals surface area contributed by atoms with Gasteiger partial charge in [-0.25, -0.2) is 9.37 Å². The molecule has 0 spiro atoms. The number of aromatic nitrogens is 2. The number of halogens is 1. The van der Waals surface area contributed by atoms with Gasteiger partial charge in [0.2, 0.25) is 5.95 Å². The van der Waals surface area contributed by atoms with E-state index in [1.807, 2.05) is 11.5 Å². The van der Waals surface area contributed by atoms with Gasteiger partial charge in [-0.3, -0.25) is 0 Å². The molecule has 1 atom stereocenters. The molecular formula is C12H16FN3O. The minimum Gasteiger partial charge on any atom is -0.383 e. The number of imidazole rings is 1. The molecule has 1 aromatic heterocycles. The van der Waals surface area contributed by atoms with Crippen molar-refractivity contribution >= 4 is 17.0 Å². The molecule has 0 aliphatic heterocycles. The normalized spacial score (nSPS) is 13.1. The van der Waals surface area contributed by atoms with Crippen LogP contribution in [0.1, 0.15) is 19.4 Å². The molecule has 0 aliphatic carbocycles. The van der Waals surface area contributed by atoms with E-state index in [0.717, 1.165) is 6.42 Å². The van der Waals surface area contributed by atoms with Gasteiger partial charge >= 0.3 is 0 Å². The van der Waals surface area contributed by atoms with Crippen LogP contribution >= 0.6 is 0 Å². The Hall–Kier alpha value is -1.62. The molecule has 0 bridgehead atoms. The highest BCUT2D eigenvalue weighted by Crippen LogP contribution is 2.25. The van der Waals surface area contributed by atoms with Crippen molar-refractivity contribution in [2.75, 3.05) is 19.5 Å². The standard InChI is InChI=1S/C12H16FN3O/c1-3-9(7-17-2)16-11-6-8(13)4-5-10(11)15-12(16)14/h4-6,9H,3,7H2,1-2H3,(H2,14,15). The maximum absolute atomic E-state index is 13.3. The summed E-state index contributed by atoms with van der Waals surface area (Å²) in [6, 6.07) is 4.55. The summed E-state index contributed by atoms with van der Waals surface area (Å²) in [5.74, 6) is 0.111. The molecule has 4 nitrogen and oxygen atoms in total. The van der Waals surface area contributed by atoms with Gasteiger partial charge in [0, 0.05) is 7.11 Å². The smallest absolute Gasteiger partial charge is 0.201 e. The molecule has 1 unspecified atom stereocenters. The lowest BCUT2D eigenvalue weighted by atomic mass is 10.2. The first-order chi connectivity index (χ1) is 8.17. The highest BCUT2D eigenvalue weighted by Gasteiger charge is 2.16. The van der Waals surface area contributed by atoms with Gasteiger partial charge in [0.05, 0.1) is 23.7 Å². The van der Waals surface area contributed by atoms with Gasteiger partial charge in [-0.05, 0) is 24.6 Å². The van der Waals surface area contributed by atoms with Crippen molar-refractivity contribution in [3.8, 4) is 0 Å². The number of anilines is 1. The quantitative estimate of drug-likeness (QED) is 0.888. The summed E-state index contributed by atoms with van der Waals surface area (Å²) in [5.41, 5.74) is 7.31. The highest BCUT2D eigenvalue weighted by atomic mass is 19.1. The zero-order valence-corrected chi connectivity index (χ0v) is 9.98. The second-order valence-electron chi connectivity index (χ2n) is 3.99. The predicted octanol–water partition coefficient (Wildman–Crippen LogP) is 2.36. The van der Waals surface area contributed by atoms with E-state index in [1.165, 1.54) is 12.1 Å². The molecule has 0 saturated heterocycles. The van der Waals surface area contributed by atoms with E-state index in [-0.39, 0.29) is 11.9 Å². The molecule has 2 rings (SSSR count). The van der Waals surface area contributed by atoms with Crippen molar-refractivity contribution < 1.29 is 9.13 Å². The number of fused-ring (bicyclic) bond motifs is 1. The van der Waals surface area contributed by atoms with Gasteiger partial charge in [-0.2, -0.15) is 0 Å². The zero-order valence-electron chi connectivity index (χ0n) is 9.98. The summed E-state index contributed by atoms with van der Waals surface area (Å²) in [6.07, 6.45) is 0.847. The molecule has 2 aromatic rings. The Bertz CT molecular complexity index is 524. The third kappa shape index (κ3) is 2.10. The van der Waals surface area contributed by atoms with Gasteiger partial charge in [0.1, 0.15) is 5.82 Å². The van der Waals surface area contributed by atoms with E-state index in [2.05, 4.69) is 4.98 Å². The van der Waals surface area contributed by atoms with E-state index in [0.29, 0.717) is 23.6 Å². The van der Waals surface area contributed by atoms with Crippen LogP contribution in [0.25, 0.3) is 11.0 Å². The van der Waals surface area contributed by atoms with Crippen LogP contribution < -0.4 is 5.73 Å². The number of ether oxygens (including phenoxy) is 1. The van der Waals surface area contributed by atoms with E-state index in [4.69, 9.17) is 10.5 Å². The Balaban J connectivity index is 2.57. The SMILES string of the molecule is CCC(COC)n1c(N)nc2ccc(F)cc21. The Labute approximate surface area is 99.2 Å². The highest BCUT2D eigenvalue weighted by molar-refractivity contribution is 5.78. The van der Waals surface area contributed by atoms with Crippen molar-refractivity contribution in [1.29, 1.82) is 0 Å². The number of nitrogens with zero attached hydrogens (tertiary/aromatic N) is 2. The molecule has 0 fully saturated rings. The predicted molar refractivity (Wildman–Crippen MR) is 65.3 cm³/mol. The van der Waals surface area contributed by atoms with Gasteiger partial charge < -0.3 is 15.0 Å². The van der Waals surface area contributed by atoms with Gasteiger partial charge in [0.25, 0.3) is 0 Å². The minimum absolute atomic E-state index is 0.0757. The molecule has 17 heavy (non-hydrogen) atoms. The molecule has 2 N–H and O–H groups in total. The van der Waals surface area contributed by atoms with Crippen LogP contribution in [0.3, 0.4) is 0 Å². The second kappa shape index (κ2) is 4.71. The lowest BCUT2D eigenvalue weighted by Crippen LogP contribution is -2.16. The molecule has 92 valence electrons. The number of hydrogen-bond acceptors (Lipinski definition) is 3. The van der Waals surface area contributed by atoms with Crippen LogP contribution in [0.5, 0.6) is 0 Å².